The van der Waals surface area contributed by atoms with Gasteiger partial charge in [0, 0.05) is 17.4 Å². The summed E-state index contributed by atoms with van der Waals surface area (Å²) in [6.45, 7) is 0. The van der Waals surface area contributed by atoms with Gasteiger partial charge in [-0.1, -0.05) is 66.4 Å². The van der Waals surface area contributed by atoms with E-state index in [0.29, 0.717) is 39.4 Å². The summed E-state index contributed by atoms with van der Waals surface area (Å²) in [6, 6.07) is 25.2. The molecule has 174 valence electrons. The van der Waals surface area contributed by atoms with Crippen molar-refractivity contribution in [3.63, 3.8) is 0 Å². The molecule has 5 aromatic rings. The van der Waals surface area contributed by atoms with Crippen molar-refractivity contribution in [2.45, 2.75) is 10.9 Å². The first kappa shape index (κ1) is 22.5. The molecule has 0 bridgehead atoms. The number of aromatic nitrogens is 4. The second kappa shape index (κ2) is 9.94. The quantitative estimate of drug-likeness (QED) is 0.232. The van der Waals surface area contributed by atoms with Crippen molar-refractivity contribution >= 4 is 35.0 Å². The first-order valence-electron chi connectivity index (χ1n) is 10.8. The summed E-state index contributed by atoms with van der Waals surface area (Å²) in [4.78, 5) is 20.9. The van der Waals surface area contributed by atoms with Crippen molar-refractivity contribution < 1.29 is 13.9 Å². The van der Waals surface area contributed by atoms with E-state index in [4.69, 9.17) is 4.74 Å². The third-order valence-electron chi connectivity index (χ3n) is 5.24. The number of carbonyl (C=O) groups is 1. The van der Waals surface area contributed by atoms with Crippen LogP contribution in [0.1, 0.15) is 15.9 Å². The van der Waals surface area contributed by atoms with Gasteiger partial charge >= 0.3 is 5.97 Å². The Morgan fingerprint density at radius 2 is 1.74 bits per heavy atom. The molecule has 3 aromatic carbocycles. The van der Waals surface area contributed by atoms with Gasteiger partial charge in [-0.2, -0.15) is 9.50 Å². The summed E-state index contributed by atoms with van der Waals surface area (Å²) in [6.07, 6.45) is 0. The highest BCUT2D eigenvalue weighted by atomic mass is 32.2. The predicted molar refractivity (Wildman–Crippen MR) is 133 cm³/mol. The lowest BCUT2D eigenvalue weighted by Gasteiger charge is -2.10. The van der Waals surface area contributed by atoms with Crippen LogP contribution >= 0.6 is 11.8 Å². The lowest BCUT2D eigenvalue weighted by molar-refractivity contribution is 0.0600. The van der Waals surface area contributed by atoms with Crippen molar-refractivity contribution in [3.8, 4) is 11.3 Å². The van der Waals surface area contributed by atoms with Gasteiger partial charge in [0.2, 0.25) is 5.16 Å². The van der Waals surface area contributed by atoms with Crippen LogP contribution in [0.5, 0.6) is 0 Å². The van der Waals surface area contributed by atoms with Crippen LogP contribution in [0.15, 0.2) is 90.1 Å². The molecular weight excluding hydrogens is 465 g/mol. The Kier molecular flexibility index (Phi) is 6.40. The summed E-state index contributed by atoms with van der Waals surface area (Å²) < 4.78 is 20.7. The normalized spacial score (nSPS) is 10.9. The van der Waals surface area contributed by atoms with E-state index >= 15 is 0 Å². The summed E-state index contributed by atoms with van der Waals surface area (Å²) in [7, 11) is 1.35. The summed E-state index contributed by atoms with van der Waals surface area (Å²) in [5, 5.41) is 8.25. The molecule has 0 radical (unpaired) electrons. The van der Waals surface area contributed by atoms with Crippen LogP contribution in [0.25, 0.3) is 17.0 Å². The summed E-state index contributed by atoms with van der Waals surface area (Å²) >= 11 is 1.44. The molecular formula is C26H20FN5O2S. The Bertz CT molecular complexity index is 1490. The van der Waals surface area contributed by atoms with Crippen molar-refractivity contribution in [1.29, 1.82) is 0 Å². The first-order chi connectivity index (χ1) is 17.1. The fourth-order valence-corrected chi connectivity index (χ4v) is 4.23. The standard InChI is InChI=1S/C26H20FN5O2S/c1-34-24(33)19-13-11-17(12-14-19)16-35-26-30-25-29-22(18-7-3-2-4-8-18)15-23(32(25)31-26)28-21-10-6-5-9-20(21)27/h2-15,28H,16H2,1H3. The Morgan fingerprint density at radius 3 is 2.49 bits per heavy atom. The molecule has 0 aliphatic carbocycles. The molecule has 1 N–H and O–H groups in total. The number of hydrogen-bond donors (Lipinski definition) is 1. The van der Waals surface area contributed by atoms with Gasteiger partial charge < -0.3 is 10.1 Å². The van der Waals surface area contributed by atoms with E-state index in [9.17, 15) is 9.18 Å². The molecule has 0 saturated heterocycles. The molecule has 9 heteroatoms. The van der Waals surface area contributed by atoms with Gasteiger partial charge in [0.05, 0.1) is 24.1 Å². The Morgan fingerprint density at radius 1 is 1.00 bits per heavy atom. The van der Waals surface area contributed by atoms with E-state index in [0.717, 1.165) is 11.1 Å². The number of thioether (sulfide) groups is 1. The van der Waals surface area contributed by atoms with E-state index in [1.54, 1.807) is 34.8 Å². The number of para-hydroxylation sites is 1. The van der Waals surface area contributed by atoms with Crippen LogP contribution in [-0.2, 0) is 10.5 Å². The number of ether oxygens (including phenoxy) is 1. The average molecular weight is 486 g/mol. The number of nitrogens with one attached hydrogen (secondary N) is 1. The van der Waals surface area contributed by atoms with Crippen LogP contribution in [0.2, 0.25) is 0 Å². The van der Waals surface area contributed by atoms with Crippen molar-refractivity contribution in [3.05, 3.63) is 102 Å². The molecule has 7 nitrogen and oxygen atoms in total. The number of nitrogens with zero attached hydrogens (tertiary/aromatic N) is 4. The molecule has 0 atom stereocenters. The van der Waals surface area contributed by atoms with Gasteiger partial charge in [0.25, 0.3) is 5.78 Å². The number of carbonyl (C=O) groups excluding carboxylic acids is 1. The Hall–Kier alpha value is -4.24. The van der Waals surface area contributed by atoms with E-state index < -0.39 is 0 Å². The fraction of sp³-hybridized carbons (Fsp3) is 0.0769. The Balaban J connectivity index is 1.46. The fourth-order valence-electron chi connectivity index (χ4n) is 3.46. The van der Waals surface area contributed by atoms with Crippen molar-refractivity contribution in [2.75, 3.05) is 12.4 Å². The highest BCUT2D eigenvalue weighted by molar-refractivity contribution is 7.98. The zero-order valence-corrected chi connectivity index (χ0v) is 19.5. The molecule has 2 heterocycles. The van der Waals surface area contributed by atoms with Gasteiger partial charge in [-0.25, -0.2) is 14.2 Å². The molecule has 2 aromatic heterocycles. The maximum absolute atomic E-state index is 14.4. The number of benzene rings is 3. The van der Waals surface area contributed by atoms with Crippen LogP contribution in [0, 0.1) is 5.82 Å². The number of rotatable bonds is 7. The summed E-state index contributed by atoms with van der Waals surface area (Å²) in [5.74, 6) is 0.791. The molecule has 0 fully saturated rings. The maximum atomic E-state index is 14.4. The maximum Gasteiger partial charge on any atom is 0.337 e. The average Bonchev–Trinajstić information content (AvgIpc) is 3.32. The van der Waals surface area contributed by atoms with Gasteiger partial charge in [-0.3, -0.25) is 0 Å². The lowest BCUT2D eigenvalue weighted by Crippen LogP contribution is -2.04. The zero-order valence-electron chi connectivity index (χ0n) is 18.7. The number of fused-ring (bicyclic) bond motifs is 1. The molecule has 5 rings (SSSR count). The molecule has 0 aliphatic rings. The second-order valence-electron chi connectivity index (χ2n) is 7.58. The predicted octanol–water partition coefficient (Wildman–Crippen LogP) is 5.75. The van der Waals surface area contributed by atoms with E-state index in [1.165, 1.54) is 24.9 Å². The van der Waals surface area contributed by atoms with Gasteiger partial charge in [-0.15, -0.1) is 5.10 Å². The molecule has 0 aliphatic heterocycles. The van der Waals surface area contributed by atoms with Crippen molar-refractivity contribution in [1.82, 2.24) is 19.6 Å². The van der Waals surface area contributed by atoms with E-state index in [1.807, 2.05) is 48.5 Å². The number of methoxy groups -OCH3 is 1. The largest absolute Gasteiger partial charge is 0.465 e. The smallest absolute Gasteiger partial charge is 0.337 e. The molecule has 0 spiro atoms. The van der Waals surface area contributed by atoms with Gasteiger partial charge in [0.15, 0.2) is 0 Å². The third-order valence-corrected chi connectivity index (χ3v) is 6.15. The zero-order chi connectivity index (χ0) is 24.2. The summed E-state index contributed by atoms with van der Waals surface area (Å²) in [5.41, 5.74) is 3.43. The molecule has 0 unspecified atom stereocenters. The third kappa shape index (κ3) is 4.99. The van der Waals surface area contributed by atoms with E-state index in [-0.39, 0.29) is 11.8 Å². The van der Waals surface area contributed by atoms with Crippen LogP contribution in [-0.4, -0.2) is 32.7 Å². The number of halogens is 1. The van der Waals surface area contributed by atoms with Crippen molar-refractivity contribution in [2.24, 2.45) is 0 Å². The number of hydrogen-bond acceptors (Lipinski definition) is 7. The first-order valence-corrected chi connectivity index (χ1v) is 11.7. The second-order valence-corrected chi connectivity index (χ2v) is 8.52. The van der Waals surface area contributed by atoms with Gasteiger partial charge in [-0.05, 0) is 29.8 Å². The van der Waals surface area contributed by atoms with E-state index in [2.05, 4.69) is 20.4 Å². The highest BCUT2D eigenvalue weighted by Crippen LogP contribution is 2.27. The van der Waals surface area contributed by atoms with Gasteiger partial charge in [0.1, 0.15) is 11.6 Å². The minimum atomic E-state index is -0.374. The minimum Gasteiger partial charge on any atom is -0.465 e. The Labute approximate surface area is 205 Å². The SMILES string of the molecule is COC(=O)c1ccc(CSc2nc3nc(-c4ccccc4)cc(Nc4ccccc4F)n3n2)cc1. The number of esters is 1. The molecule has 35 heavy (non-hydrogen) atoms. The monoisotopic (exact) mass is 485 g/mol. The highest BCUT2D eigenvalue weighted by Gasteiger charge is 2.14. The topological polar surface area (TPSA) is 81.4 Å². The minimum absolute atomic E-state index is 0.328. The number of anilines is 2. The van der Waals surface area contributed by atoms with Crippen LogP contribution < -0.4 is 5.32 Å². The van der Waals surface area contributed by atoms with Crippen LogP contribution in [0.3, 0.4) is 0 Å². The van der Waals surface area contributed by atoms with Crippen LogP contribution in [0.4, 0.5) is 15.9 Å². The lowest BCUT2D eigenvalue weighted by atomic mass is 10.1. The molecule has 0 amide bonds. The molecule has 0 saturated carbocycles.